The number of carbonyl (C=O) groups is 1. The topological polar surface area (TPSA) is 68.5 Å². The second-order valence-corrected chi connectivity index (χ2v) is 7.15. The molecule has 1 heterocycles. The molecular formula is C18H24BNO4. The largest absolute Gasteiger partial charge is 0.494 e. The molecule has 2 rings (SSSR count). The van der Waals surface area contributed by atoms with Crippen LogP contribution in [0.2, 0.25) is 0 Å². The van der Waals surface area contributed by atoms with E-state index in [0.717, 1.165) is 11.0 Å². The van der Waals surface area contributed by atoms with E-state index in [1.807, 2.05) is 52.0 Å². The van der Waals surface area contributed by atoms with Crippen LogP contribution in [-0.4, -0.2) is 30.9 Å². The molecular weight excluding hydrogens is 305 g/mol. The van der Waals surface area contributed by atoms with Crippen LogP contribution in [0.25, 0.3) is 0 Å². The van der Waals surface area contributed by atoms with Crippen LogP contribution in [-0.2, 0) is 18.8 Å². The Bertz CT molecular complexity index is 603. The molecule has 0 amide bonds. The summed E-state index contributed by atoms with van der Waals surface area (Å²) in [5, 5.41) is 8.97. The van der Waals surface area contributed by atoms with Gasteiger partial charge in [0.05, 0.1) is 31.1 Å². The fourth-order valence-corrected chi connectivity index (χ4v) is 2.60. The molecule has 0 radical (unpaired) electrons. The number of esters is 1. The summed E-state index contributed by atoms with van der Waals surface area (Å²) in [6.45, 7) is 7.52. The van der Waals surface area contributed by atoms with Gasteiger partial charge in [-0.3, -0.25) is 4.79 Å². The van der Waals surface area contributed by atoms with Crippen molar-refractivity contribution in [2.24, 2.45) is 0 Å². The van der Waals surface area contributed by atoms with Crippen LogP contribution in [0.15, 0.2) is 24.3 Å². The molecule has 0 unspecified atom stereocenters. The minimum absolute atomic E-state index is 0.158. The van der Waals surface area contributed by atoms with E-state index < -0.39 is 12.7 Å². The van der Waals surface area contributed by atoms with E-state index >= 15 is 0 Å². The first kappa shape index (κ1) is 18.5. The Kier molecular flexibility index (Phi) is 6.03. The third-order valence-electron chi connectivity index (χ3n) is 3.64. The van der Waals surface area contributed by atoms with Crippen LogP contribution in [0.4, 0.5) is 0 Å². The molecule has 1 aromatic carbocycles. The van der Waals surface area contributed by atoms with Gasteiger partial charge in [0.2, 0.25) is 0 Å². The lowest BCUT2D eigenvalue weighted by Gasteiger charge is -2.33. The van der Waals surface area contributed by atoms with E-state index in [4.69, 9.17) is 19.3 Å². The molecule has 5 nitrogen and oxygen atoms in total. The summed E-state index contributed by atoms with van der Waals surface area (Å²) in [6.07, 6.45) is 0.372. The zero-order valence-corrected chi connectivity index (χ0v) is 14.7. The molecule has 128 valence electrons. The number of nitriles is 1. The average molecular weight is 329 g/mol. The Labute approximate surface area is 144 Å². The third kappa shape index (κ3) is 5.66. The zero-order valence-electron chi connectivity index (χ0n) is 14.7. The van der Waals surface area contributed by atoms with Gasteiger partial charge >= 0.3 is 13.1 Å². The Morgan fingerprint density at radius 1 is 1.29 bits per heavy atom. The fraction of sp³-hybridized carbons (Fsp3) is 0.556. The van der Waals surface area contributed by atoms with Crippen molar-refractivity contribution in [3.63, 3.8) is 0 Å². The number of hydrogen-bond donors (Lipinski definition) is 0. The van der Waals surface area contributed by atoms with Gasteiger partial charge in [-0.05, 0) is 39.6 Å². The first-order chi connectivity index (χ1) is 11.3. The number of benzene rings is 1. The normalized spacial score (nSPS) is 21.2. The lowest BCUT2D eigenvalue weighted by atomic mass is 9.76. The van der Waals surface area contributed by atoms with E-state index in [0.29, 0.717) is 6.42 Å². The summed E-state index contributed by atoms with van der Waals surface area (Å²) in [5.41, 5.74) is 1.51. The van der Waals surface area contributed by atoms with Crippen LogP contribution >= 0.6 is 0 Å². The highest BCUT2D eigenvalue weighted by atomic mass is 16.6. The summed E-state index contributed by atoms with van der Waals surface area (Å²) in [7, 11) is -0.565. The first-order valence-electron chi connectivity index (χ1n) is 8.23. The third-order valence-corrected chi connectivity index (χ3v) is 3.64. The van der Waals surface area contributed by atoms with Crippen molar-refractivity contribution in [1.82, 2.24) is 0 Å². The summed E-state index contributed by atoms with van der Waals surface area (Å²) in [4.78, 5) is 12.1. The lowest BCUT2D eigenvalue weighted by Crippen LogP contribution is -2.49. The number of hydrogen-bond acceptors (Lipinski definition) is 5. The molecule has 1 aliphatic heterocycles. The molecule has 1 fully saturated rings. The number of ether oxygens (including phenoxy) is 1. The molecule has 6 heteroatoms. The molecule has 1 saturated heterocycles. The average Bonchev–Trinajstić information content (AvgIpc) is 2.46. The van der Waals surface area contributed by atoms with Crippen molar-refractivity contribution < 1.29 is 18.8 Å². The van der Waals surface area contributed by atoms with Gasteiger partial charge in [0.15, 0.2) is 0 Å². The molecule has 2 atom stereocenters. The SMILES string of the molecule is Cc1ccc(B2O[C@H](CC#N)C[C@H](CC(=O)OC(C)(C)C)O2)cc1. The quantitative estimate of drug-likeness (QED) is 0.627. The summed E-state index contributed by atoms with van der Waals surface area (Å²) < 4.78 is 17.2. The summed E-state index contributed by atoms with van der Waals surface area (Å²) in [6, 6.07) is 9.99. The van der Waals surface area contributed by atoms with E-state index in [9.17, 15) is 4.79 Å². The van der Waals surface area contributed by atoms with E-state index in [-0.39, 0.29) is 31.0 Å². The Balaban J connectivity index is 2.06. The second kappa shape index (κ2) is 7.82. The van der Waals surface area contributed by atoms with Crippen molar-refractivity contribution in [2.75, 3.05) is 0 Å². The highest BCUT2D eigenvalue weighted by Gasteiger charge is 2.36. The van der Waals surface area contributed by atoms with Crippen LogP contribution in [0, 0.1) is 18.3 Å². The van der Waals surface area contributed by atoms with Crippen LogP contribution in [0.3, 0.4) is 0 Å². The van der Waals surface area contributed by atoms with Gasteiger partial charge < -0.3 is 14.0 Å². The molecule has 24 heavy (non-hydrogen) atoms. The van der Waals surface area contributed by atoms with Gasteiger partial charge in [0.25, 0.3) is 0 Å². The number of aryl methyl sites for hydroxylation is 1. The maximum Gasteiger partial charge on any atom is 0.494 e. The zero-order chi connectivity index (χ0) is 17.7. The highest BCUT2D eigenvalue weighted by Crippen LogP contribution is 2.22. The summed E-state index contributed by atoms with van der Waals surface area (Å²) in [5.74, 6) is -0.298. The molecule has 1 aliphatic rings. The lowest BCUT2D eigenvalue weighted by molar-refractivity contribution is -0.157. The van der Waals surface area contributed by atoms with Crippen molar-refractivity contribution in [2.45, 2.75) is 64.8 Å². The molecule has 0 bridgehead atoms. The number of carbonyl (C=O) groups excluding carboxylic acids is 1. The van der Waals surface area contributed by atoms with Crippen LogP contribution in [0.5, 0.6) is 0 Å². The fourth-order valence-electron chi connectivity index (χ4n) is 2.60. The predicted octanol–water partition coefficient (Wildman–Crippen LogP) is 2.51. The maximum absolute atomic E-state index is 12.1. The second-order valence-electron chi connectivity index (χ2n) is 7.15. The maximum atomic E-state index is 12.1. The molecule has 0 aromatic heterocycles. The van der Waals surface area contributed by atoms with E-state index in [1.165, 1.54) is 0 Å². The summed E-state index contributed by atoms with van der Waals surface area (Å²) >= 11 is 0. The molecule has 0 spiro atoms. The standard InChI is InChI=1S/C18H24BNO4/c1-13-5-7-14(8-6-13)19-23-15(9-10-20)11-16(24-19)12-17(21)22-18(2,3)4/h5-8,15-16H,9,11-12H2,1-4H3/t15-,16-/m1/s1. The highest BCUT2D eigenvalue weighted by molar-refractivity contribution is 6.61. The van der Waals surface area contributed by atoms with Crippen molar-refractivity contribution in [3.8, 4) is 6.07 Å². The van der Waals surface area contributed by atoms with Gasteiger partial charge in [-0.1, -0.05) is 29.8 Å². The van der Waals surface area contributed by atoms with Crippen LogP contribution < -0.4 is 5.46 Å². The van der Waals surface area contributed by atoms with Gasteiger partial charge in [-0.2, -0.15) is 5.26 Å². The van der Waals surface area contributed by atoms with Gasteiger partial charge in [-0.15, -0.1) is 0 Å². The minimum atomic E-state index is -0.565. The van der Waals surface area contributed by atoms with Crippen molar-refractivity contribution >= 4 is 18.6 Å². The Hall–Kier alpha value is -1.84. The predicted molar refractivity (Wildman–Crippen MR) is 91.6 cm³/mol. The monoisotopic (exact) mass is 329 g/mol. The van der Waals surface area contributed by atoms with Crippen molar-refractivity contribution in [1.29, 1.82) is 5.26 Å². The van der Waals surface area contributed by atoms with E-state index in [1.54, 1.807) is 0 Å². The molecule has 0 saturated carbocycles. The van der Waals surface area contributed by atoms with E-state index in [2.05, 4.69) is 6.07 Å². The van der Waals surface area contributed by atoms with Gasteiger partial charge in [0, 0.05) is 0 Å². The first-order valence-corrected chi connectivity index (χ1v) is 8.23. The Morgan fingerprint density at radius 3 is 2.50 bits per heavy atom. The Morgan fingerprint density at radius 2 is 1.92 bits per heavy atom. The molecule has 1 aromatic rings. The molecule has 0 aliphatic carbocycles. The minimum Gasteiger partial charge on any atom is -0.460 e. The number of rotatable bonds is 4. The van der Waals surface area contributed by atoms with Gasteiger partial charge in [0.1, 0.15) is 5.60 Å². The van der Waals surface area contributed by atoms with Gasteiger partial charge in [-0.25, -0.2) is 0 Å². The number of nitrogens with zero attached hydrogens (tertiary/aromatic N) is 1. The van der Waals surface area contributed by atoms with Crippen molar-refractivity contribution in [3.05, 3.63) is 29.8 Å². The van der Waals surface area contributed by atoms with Crippen LogP contribution in [0.1, 0.15) is 45.6 Å². The molecule has 0 N–H and O–H groups in total. The smallest absolute Gasteiger partial charge is 0.460 e.